The zero-order chi connectivity index (χ0) is 14.0. The number of aliphatic hydroxyl groups excluding tert-OH is 1. The molecule has 1 aromatic heterocycles. The second kappa shape index (κ2) is 5.58. The van der Waals surface area contributed by atoms with Crippen LogP contribution in [0.3, 0.4) is 0 Å². The lowest BCUT2D eigenvalue weighted by atomic mass is 10.0. The molecule has 0 aromatic carbocycles. The summed E-state index contributed by atoms with van der Waals surface area (Å²) in [6.07, 6.45) is 2.88. The van der Waals surface area contributed by atoms with Crippen LogP contribution in [0.5, 0.6) is 0 Å². The number of piperidine rings is 1. The quantitative estimate of drug-likeness (QED) is 0.704. The molecule has 2 atom stereocenters. The standard InChI is InChI=1S/C11H20N4O3S/c1-8-5-10(3-4-15(8)2)14-19(17,18)11-9(7-16)6-12-13-11/h6,8,10,14,16H,3-5,7H2,1-2H3,(H,12,13). The van der Waals surface area contributed by atoms with Gasteiger partial charge in [-0.2, -0.15) is 5.10 Å². The number of aliphatic hydroxyl groups is 1. The predicted octanol–water partition coefficient (Wildman–Crippen LogP) is -0.337. The van der Waals surface area contributed by atoms with Crippen LogP contribution >= 0.6 is 0 Å². The molecule has 1 aliphatic rings. The van der Waals surface area contributed by atoms with E-state index in [2.05, 4.69) is 26.7 Å². The van der Waals surface area contributed by atoms with Crippen LogP contribution < -0.4 is 4.72 Å². The van der Waals surface area contributed by atoms with Gasteiger partial charge >= 0.3 is 0 Å². The van der Waals surface area contributed by atoms with E-state index >= 15 is 0 Å². The Bertz CT molecular complexity index is 528. The van der Waals surface area contributed by atoms with Crippen molar-refractivity contribution in [2.45, 2.75) is 43.5 Å². The summed E-state index contributed by atoms with van der Waals surface area (Å²) in [5.74, 6) is 0. The molecule has 0 saturated carbocycles. The summed E-state index contributed by atoms with van der Waals surface area (Å²) in [5, 5.41) is 15.2. The molecule has 1 aromatic rings. The minimum atomic E-state index is -3.65. The molecule has 19 heavy (non-hydrogen) atoms. The molecule has 8 heteroatoms. The van der Waals surface area contributed by atoms with E-state index in [-0.39, 0.29) is 23.2 Å². The highest BCUT2D eigenvalue weighted by Crippen LogP contribution is 2.18. The fourth-order valence-electron chi connectivity index (χ4n) is 2.32. The maximum Gasteiger partial charge on any atom is 0.258 e. The van der Waals surface area contributed by atoms with Crippen LogP contribution in [0.2, 0.25) is 0 Å². The number of H-pyrrole nitrogens is 1. The van der Waals surface area contributed by atoms with Gasteiger partial charge in [-0.25, -0.2) is 13.1 Å². The highest BCUT2D eigenvalue weighted by Gasteiger charge is 2.28. The molecule has 1 aliphatic heterocycles. The van der Waals surface area contributed by atoms with Crippen LogP contribution in [-0.4, -0.2) is 54.3 Å². The molecule has 1 saturated heterocycles. The Balaban J connectivity index is 2.10. The van der Waals surface area contributed by atoms with E-state index in [0.29, 0.717) is 6.04 Å². The van der Waals surface area contributed by atoms with E-state index in [1.54, 1.807) is 0 Å². The van der Waals surface area contributed by atoms with Crippen molar-refractivity contribution in [1.29, 1.82) is 0 Å². The summed E-state index contributed by atoms with van der Waals surface area (Å²) in [6, 6.07) is 0.270. The summed E-state index contributed by atoms with van der Waals surface area (Å²) >= 11 is 0. The Morgan fingerprint density at radius 3 is 3.00 bits per heavy atom. The van der Waals surface area contributed by atoms with Crippen molar-refractivity contribution >= 4 is 10.0 Å². The number of nitrogens with zero attached hydrogens (tertiary/aromatic N) is 2. The van der Waals surface area contributed by atoms with Crippen molar-refractivity contribution in [1.82, 2.24) is 19.8 Å². The SMILES string of the molecule is CC1CC(NS(=O)(=O)c2[nH]ncc2CO)CCN1C. The molecule has 0 radical (unpaired) electrons. The van der Waals surface area contributed by atoms with E-state index in [4.69, 9.17) is 5.11 Å². The van der Waals surface area contributed by atoms with E-state index < -0.39 is 10.0 Å². The Kier molecular flexibility index (Phi) is 4.24. The van der Waals surface area contributed by atoms with Gasteiger partial charge in [0.25, 0.3) is 10.0 Å². The largest absolute Gasteiger partial charge is 0.392 e. The zero-order valence-corrected chi connectivity index (χ0v) is 11.9. The van der Waals surface area contributed by atoms with Crippen LogP contribution in [0.15, 0.2) is 11.2 Å². The van der Waals surface area contributed by atoms with Gasteiger partial charge in [0.05, 0.1) is 12.8 Å². The first-order valence-electron chi connectivity index (χ1n) is 6.29. The summed E-state index contributed by atoms with van der Waals surface area (Å²) in [7, 11) is -1.61. The Labute approximate surface area is 113 Å². The molecule has 108 valence electrons. The van der Waals surface area contributed by atoms with Crippen LogP contribution in [0.4, 0.5) is 0 Å². The van der Waals surface area contributed by atoms with Crippen molar-refractivity contribution < 1.29 is 13.5 Å². The van der Waals surface area contributed by atoms with Gasteiger partial charge in [0, 0.05) is 17.6 Å². The fraction of sp³-hybridized carbons (Fsp3) is 0.727. The molecule has 2 rings (SSSR count). The fourth-order valence-corrected chi connectivity index (χ4v) is 3.73. The smallest absolute Gasteiger partial charge is 0.258 e. The normalized spacial score (nSPS) is 25.6. The second-order valence-corrected chi connectivity index (χ2v) is 6.71. The summed E-state index contributed by atoms with van der Waals surface area (Å²) in [6.45, 7) is 2.59. The summed E-state index contributed by atoms with van der Waals surface area (Å²) in [4.78, 5) is 2.21. The van der Waals surface area contributed by atoms with Crippen molar-refractivity contribution in [3.05, 3.63) is 11.8 Å². The first-order valence-corrected chi connectivity index (χ1v) is 7.78. The van der Waals surface area contributed by atoms with E-state index in [9.17, 15) is 8.42 Å². The molecular formula is C11H20N4O3S. The highest BCUT2D eigenvalue weighted by molar-refractivity contribution is 7.89. The average molecular weight is 288 g/mol. The van der Waals surface area contributed by atoms with Crippen LogP contribution in [0.1, 0.15) is 25.3 Å². The highest BCUT2D eigenvalue weighted by atomic mass is 32.2. The number of aromatic nitrogens is 2. The third-order valence-corrected chi connectivity index (χ3v) is 5.18. The van der Waals surface area contributed by atoms with Crippen LogP contribution in [-0.2, 0) is 16.6 Å². The third kappa shape index (κ3) is 3.14. The Morgan fingerprint density at radius 1 is 1.63 bits per heavy atom. The summed E-state index contributed by atoms with van der Waals surface area (Å²) in [5.41, 5.74) is 0.286. The number of hydrogen-bond acceptors (Lipinski definition) is 5. The summed E-state index contributed by atoms with van der Waals surface area (Å²) < 4.78 is 27.1. The van der Waals surface area contributed by atoms with Crippen molar-refractivity contribution in [2.75, 3.05) is 13.6 Å². The molecule has 3 N–H and O–H groups in total. The number of aromatic amines is 1. The van der Waals surface area contributed by atoms with Crippen molar-refractivity contribution in [3.8, 4) is 0 Å². The zero-order valence-electron chi connectivity index (χ0n) is 11.1. The molecule has 0 bridgehead atoms. The minimum absolute atomic E-state index is 0.0402. The molecule has 1 fully saturated rings. The molecule has 0 amide bonds. The van der Waals surface area contributed by atoms with Gasteiger partial charge in [-0.05, 0) is 33.4 Å². The second-order valence-electron chi connectivity index (χ2n) is 5.05. The van der Waals surface area contributed by atoms with Crippen LogP contribution in [0, 0.1) is 0 Å². The van der Waals surface area contributed by atoms with Crippen molar-refractivity contribution in [2.24, 2.45) is 0 Å². The predicted molar refractivity (Wildman–Crippen MR) is 69.9 cm³/mol. The number of sulfonamides is 1. The molecule has 0 aliphatic carbocycles. The number of hydrogen-bond donors (Lipinski definition) is 3. The van der Waals surface area contributed by atoms with E-state index in [1.165, 1.54) is 6.20 Å². The van der Waals surface area contributed by atoms with E-state index in [0.717, 1.165) is 19.4 Å². The van der Waals surface area contributed by atoms with Gasteiger partial charge in [-0.1, -0.05) is 0 Å². The molecule has 0 spiro atoms. The Hall–Kier alpha value is -0.960. The van der Waals surface area contributed by atoms with Gasteiger partial charge in [-0.3, -0.25) is 5.10 Å². The lowest BCUT2D eigenvalue weighted by molar-refractivity contribution is 0.178. The Morgan fingerprint density at radius 2 is 2.37 bits per heavy atom. The van der Waals surface area contributed by atoms with Crippen LogP contribution in [0.25, 0.3) is 0 Å². The van der Waals surface area contributed by atoms with E-state index in [1.807, 2.05) is 7.05 Å². The molecule has 2 heterocycles. The molecule has 2 unspecified atom stereocenters. The monoisotopic (exact) mass is 288 g/mol. The topological polar surface area (TPSA) is 98.3 Å². The average Bonchev–Trinajstić information content (AvgIpc) is 2.82. The molecular weight excluding hydrogens is 268 g/mol. The first-order chi connectivity index (χ1) is 8.94. The van der Waals surface area contributed by atoms with Gasteiger partial charge in [0.1, 0.15) is 0 Å². The van der Waals surface area contributed by atoms with Gasteiger partial charge in [0.2, 0.25) is 0 Å². The first kappa shape index (κ1) is 14.4. The minimum Gasteiger partial charge on any atom is -0.392 e. The lowest BCUT2D eigenvalue weighted by Crippen LogP contribution is -2.47. The van der Waals surface area contributed by atoms with Gasteiger partial charge in [0.15, 0.2) is 5.03 Å². The van der Waals surface area contributed by atoms with Crippen molar-refractivity contribution in [3.63, 3.8) is 0 Å². The van der Waals surface area contributed by atoms with Gasteiger partial charge in [-0.15, -0.1) is 0 Å². The van der Waals surface area contributed by atoms with Gasteiger partial charge < -0.3 is 10.0 Å². The number of likely N-dealkylation sites (tertiary alicyclic amines) is 1. The lowest BCUT2D eigenvalue weighted by Gasteiger charge is -2.35. The molecule has 7 nitrogen and oxygen atoms in total. The third-order valence-electron chi connectivity index (χ3n) is 3.65. The maximum absolute atomic E-state index is 12.2. The number of nitrogens with one attached hydrogen (secondary N) is 2. The maximum atomic E-state index is 12.2. The number of rotatable bonds is 4.